The first-order chi connectivity index (χ1) is 8.65. The highest BCUT2D eigenvalue weighted by molar-refractivity contribution is 4.80. The molecule has 0 aromatic rings. The minimum atomic E-state index is -0.369. The number of hydrogen-bond donors (Lipinski definition) is 2. The number of β-amino-alcohol motifs (C(OH)–C–C–N with tert-alkyl or cyclic N) is 1. The molecule has 1 aliphatic heterocycles. The zero-order valence-corrected chi connectivity index (χ0v) is 11.9. The molecule has 0 aromatic heterocycles. The van der Waals surface area contributed by atoms with E-state index in [4.69, 9.17) is 9.47 Å². The molecule has 2 N–H and O–H groups in total. The van der Waals surface area contributed by atoms with Crippen molar-refractivity contribution in [3.05, 3.63) is 0 Å². The fraction of sp³-hybridized carbons (Fsp3) is 1.00. The van der Waals surface area contributed by atoms with Gasteiger partial charge in [0.25, 0.3) is 0 Å². The van der Waals surface area contributed by atoms with Gasteiger partial charge in [0.15, 0.2) is 0 Å². The van der Waals surface area contributed by atoms with Crippen molar-refractivity contribution in [2.75, 3.05) is 47.1 Å². The van der Waals surface area contributed by atoms with Gasteiger partial charge in [-0.1, -0.05) is 0 Å². The van der Waals surface area contributed by atoms with Crippen molar-refractivity contribution in [3.8, 4) is 0 Å². The quantitative estimate of drug-likeness (QED) is 0.647. The maximum absolute atomic E-state index is 9.68. The third-order valence-corrected chi connectivity index (χ3v) is 3.35. The zero-order valence-electron chi connectivity index (χ0n) is 11.9. The highest BCUT2D eigenvalue weighted by Crippen LogP contribution is 2.11. The molecule has 1 fully saturated rings. The van der Waals surface area contributed by atoms with E-state index in [0.29, 0.717) is 25.2 Å². The molecular formula is C13H28N2O3. The second-order valence-electron chi connectivity index (χ2n) is 5.21. The zero-order chi connectivity index (χ0) is 13.4. The molecule has 1 rings (SSSR count). The summed E-state index contributed by atoms with van der Waals surface area (Å²) in [6, 6.07) is 0.983. The lowest BCUT2D eigenvalue weighted by atomic mass is 10.0. The summed E-state index contributed by atoms with van der Waals surface area (Å²) in [6.07, 6.45) is 1.90. The Kier molecular flexibility index (Phi) is 7.77. The summed E-state index contributed by atoms with van der Waals surface area (Å²) in [5.41, 5.74) is 0. The average Bonchev–Trinajstić information content (AvgIpc) is 2.32. The molecule has 0 aromatic carbocycles. The number of likely N-dealkylation sites (tertiary alicyclic amines) is 1. The molecule has 1 saturated heterocycles. The molecule has 18 heavy (non-hydrogen) atoms. The van der Waals surface area contributed by atoms with Crippen molar-refractivity contribution < 1.29 is 14.6 Å². The Morgan fingerprint density at radius 3 is 2.39 bits per heavy atom. The molecule has 0 saturated carbocycles. The first kappa shape index (κ1) is 15.9. The molecule has 0 aliphatic carbocycles. The summed E-state index contributed by atoms with van der Waals surface area (Å²) < 4.78 is 10.1. The summed E-state index contributed by atoms with van der Waals surface area (Å²) in [6.45, 7) is 6.12. The van der Waals surface area contributed by atoms with Crippen LogP contribution in [0.5, 0.6) is 0 Å². The Balaban J connectivity index is 2.16. The molecule has 1 aliphatic rings. The van der Waals surface area contributed by atoms with Crippen LogP contribution in [-0.4, -0.2) is 75.3 Å². The van der Waals surface area contributed by atoms with Crippen LogP contribution >= 0.6 is 0 Å². The van der Waals surface area contributed by atoms with Crippen LogP contribution in [-0.2, 0) is 9.47 Å². The van der Waals surface area contributed by atoms with Crippen molar-refractivity contribution >= 4 is 0 Å². The third-order valence-electron chi connectivity index (χ3n) is 3.35. The molecule has 2 unspecified atom stereocenters. The molecule has 0 radical (unpaired) electrons. The lowest BCUT2D eigenvalue weighted by molar-refractivity contribution is 0.0303. The largest absolute Gasteiger partial charge is 0.389 e. The van der Waals surface area contributed by atoms with Crippen LogP contribution in [0.3, 0.4) is 0 Å². The number of rotatable bonds is 8. The molecule has 5 nitrogen and oxygen atoms in total. The summed E-state index contributed by atoms with van der Waals surface area (Å²) >= 11 is 0. The van der Waals surface area contributed by atoms with Crippen LogP contribution in [0.15, 0.2) is 0 Å². The molecule has 2 atom stereocenters. The molecule has 0 amide bonds. The molecule has 0 bridgehead atoms. The van der Waals surface area contributed by atoms with Crippen LogP contribution in [0.1, 0.15) is 19.8 Å². The monoisotopic (exact) mass is 260 g/mol. The Morgan fingerprint density at radius 1 is 1.22 bits per heavy atom. The van der Waals surface area contributed by atoms with Crippen molar-refractivity contribution in [3.63, 3.8) is 0 Å². The van der Waals surface area contributed by atoms with E-state index in [1.807, 2.05) is 0 Å². The van der Waals surface area contributed by atoms with Gasteiger partial charge in [0.2, 0.25) is 0 Å². The van der Waals surface area contributed by atoms with Crippen LogP contribution in [0.25, 0.3) is 0 Å². The Labute approximate surface area is 110 Å². The average molecular weight is 260 g/mol. The van der Waals surface area contributed by atoms with E-state index in [2.05, 4.69) is 17.1 Å². The second kappa shape index (κ2) is 8.82. The van der Waals surface area contributed by atoms with E-state index in [9.17, 15) is 5.11 Å². The standard InChI is InChI=1S/C13H28N2O3/c1-11(9-17-2)14-12-4-6-15(7-5-12)8-13(16)10-18-3/h11-14,16H,4-10H2,1-3H3. The maximum atomic E-state index is 9.68. The van der Waals surface area contributed by atoms with Crippen LogP contribution in [0.2, 0.25) is 0 Å². The Bertz CT molecular complexity index is 186. The van der Waals surface area contributed by atoms with E-state index in [0.717, 1.165) is 32.5 Å². The molecular weight excluding hydrogens is 232 g/mol. The Hall–Kier alpha value is -0.200. The van der Waals surface area contributed by atoms with Gasteiger partial charge < -0.3 is 24.8 Å². The first-order valence-electron chi connectivity index (χ1n) is 6.80. The minimum absolute atomic E-state index is 0.369. The smallest absolute Gasteiger partial charge is 0.0900 e. The number of ether oxygens (including phenoxy) is 2. The Morgan fingerprint density at radius 2 is 1.83 bits per heavy atom. The molecule has 108 valence electrons. The van der Waals surface area contributed by atoms with E-state index >= 15 is 0 Å². The second-order valence-corrected chi connectivity index (χ2v) is 5.21. The van der Waals surface area contributed by atoms with E-state index in [-0.39, 0.29) is 6.10 Å². The highest BCUT2D eigenvalue weighted by atomic mass is 16.5. The van der Waals surface area contributed by atoms with Gasteiger partial charge in [0.1, 0.15) is 0 Å². The SMILES string of the molecule is COCC(O)CN1CCC(NC(C)COC)CC1. The number of nitrogens with zero attached hydrogens (tertiary/aromatic N) is 1. The van der Waals surface area contributed by atoms with E-state index < -0.39 is 0 Å². The summed E-state index contributed by atoms with van der Waals surface area (Å²) in [4.78, 5) is 2.31. The summed E-state index contributed by atoms with van der Waals surface area (Å²) in [7, 11) is 3.36. The van der Waals surface area contributed by atoms with Gasteiger partial charge in [-0.15, -0.1) is 0 Å². The van der Waals surface area contributed by atoms with Crippen molar-refractivity contribution in [1.82, 2.24) is 10.2 Å². The molecule has 0 spiro atoms. The van der Waals surface area contributed by atoms with Crippen molar-refractivity contribution in [2.45, 2.75) is 38.0 Å². The van der Waals surface area contributed by atoms with Crippen molar-refractivity contribution in [2.24, 2.45) is 0 Å². The number of methoxy groups -OCH3 is 2. The fourth-order valence-electron chi connectivity index (χ4n) is 2.53. The number of aliphatic hydroxyl groups is 1. The maximum Gasteiger partial charge on any atom is 0.0900 e. The van der Waals surface area contributed by atoms with Gasteiger partial charge in [0, 0.05) is 32.8 Å². The van der Waals surface area contributed by atoms with E-state index in [1.165, 1.54) is 0 Å². The fourth-order valence-corrected chi connectivity index (χ4v) is 2.53. The van der Waals surface area contributed by atoms with Gasteiger partial charge in [-0.05, 0) is 32.9 Å². The van der Waals surface area contributed by atoms with Crippen LogP contribution in [0.4, 0.5) is 0 Å². The van der Waals surface area contributed by atoms with E-state index in [1.54, 1.807) is 14.2 Å². The highest BCUT2D eigenvalue weighted by Gasteiger charge is 2.21. The predicted octanol–water partition coefficient (Wildman–Crippen LogP) is 0.0826. The summed E-state index contributed by atoms with van der Waals surface area (Å²) in [5, 5.41) is 13.3. The number of nitrogens with one attached hydrogen (secondary N) is 1. The van der Waals surface area contributed by atoms with Gasteiger partial charge in [-0.25, -0.2) is 0 Å². The van der Waals surface area contributed by atoms with Gasteiger partial charge in [0.05, 0.1) is 19.3 Å². The number of hydrogen-bond acceptors (Lipinski definition) is 5. The number of piperidine rings is 1. The van der Waals surface area contributed by atoms with Gasteiger partial charge >= 0.3 is 0 Å². The predicted molar refractivity (Wildman–Crippen MR) is 71.8 cm³/mol. The topological polar surface area (TPSA) is 54.0 Å². The van der Waals surface area contributed by atoms with Crippen LogP contribution in [0, 0.1) is 0 Å². The first-order valence-corrected chi connectivity index (χ1v) is 6.80. The number of aliphatic hydroxyl groups excluding tert-OH is 1. The summed E-state index contributed by atoms with van der Waals surface area (Å²) in [5.74, 6) is 0. The van der Waals surface area contributed by atoms with Crippen LogP contribution < -0.4 is 5.32 Å². The molecule has 1 heterocycles. The normalized spacial score (nSPS) is 22.0. The lowest BCUT2D eigenvalue weighted by Gasteiger charge is -2.34. The van der Waals surface area contributed by atoms with Gasteiger partial charge in [-0.2, -0.15) is 0 Å². The minimum Gasteiger partial charge on any atom is -0.389 e. The lowest BCUT2D eigenvalue weighted by Crippen LogP contribution is -2.48. The van der Waals surface area contributed by atoms with Gasteiger partial charge in [-0.3, -0.25) is 0 Å². The third kappa shape index (κ3) is 6.11. The van der Waals surface area contributed by atoms with Crippen molar-refractivity contribution in [1.29, 1.82) is 0 Å². The molecule has 5 heteroatoms.